The summed E-state index contributed by atoms with van der Waals surface area (Å²) >= 11 is 0. The highest BCUT2D eigenvalue weighted by Gasteiger charge is 2.09. The third-order valence-electron chi connectivity index (χ3n) is 4.94. The first-order valence-electron chi connectivity index (χ1n) is 10.4. The molecule has 3 rings (SSSR count). The summed E-state index contributed by atoms with van der Waals surface area (Å²) in [5.41, 5.74) is 3.78. The zero-order valence-electron chi connectivity index (χ0n) is 18.1. The van der Waals surface area contributed by atoms with Gasteiger partial charge in [0.15, 0.2) is 0 Å². The lowest BCUT2D eigenvalue weighted by Gasteiger charge is -2.10. The lowest BCUT2D eigenvalue weighted by molar-refractivity contribution is 0.0951. The third kappa shape index (κ3) is 6.19. The number of carbonyl (C=O) groups is 2. The van der Waals surface area contributed by atoms with Crippen molar-refractivity contribution in [2.24, 2.45) is 5.92 Å². The largest absolute Gasteiger partial charge is 0.497 e. The van der Waals surface area contributed by atoms with Gasteiger partial charge in [-0.25, -0.2) is 0 Å². The predicted octanol–water partition coefficient (Wildman–Crippen LogP) is 5.39. The molecule has 0 unspecified atom stereocenters. The van der Waals surface area contributed by atoms with E-state index >= 15 is 0 Å². The molecule has 0 saturated heterocycles. The fourth-order valence-electron chi connectivity index (χ4n) is 3.13. The molecule has 0 heterocycles. The van der Waals surface area contributed by atoms with E-state index in [0.717, 1.165) is 17.5 Å². The van der Waals surface area contributed by atoms with Gasteiger partial charge in [0.05, 0.1) is 7.11 Å². The van der Waals surface area contributed by atoms with E-state index in [0.29, 0.717) is 35.0 Å². The summed E-state index contributed by atoms with van der Waals surface area (Å²) in [6, 6.07) is 22.1. The molecular formula is C26H28N2O3. The summed E-state index contributed by atoms with van der Waals surface area (Å²) in [7, 11) is 1.57. The van der Waals surface area contributed by atoms with Crippen LogP contribution in [0.1, 0.15) is 41.0 Å². The second-order valence-corrected chi connectivity index (χ2v) is 7.78. The van der Waals surface area contributed by atoms with Crippen LogP contribution in [-0.2, 0) is 0 Å². The van der Waals surface area contributed by atoms with Crippen LogP contribution >= 0.6 is 0 Å². The van der Waals surface area contributed by atoms with Gasteiger partial charge in [0.2, 0.25) is 0 Å². The van der Waals surface area contributed by atoms with Crippen LogP contribution in [0.25, 0.3) is 11.1 Å². The maximum atomic E-state index is 12.6. The van der Waals surface area contributed by atoms with Gasteiger partial charge in [-0.05, 0) is 65.9 Å². The molecule has 0 spiro atoms. The van der Waals surface area contributed by atoms with Crippen molar-refractivity contribution in [2.75, 3.05) is 19.0 Å². The van der Waals surface area contributed by atoms with E-state index < -0.39 is 0 Å². The molecule has 0 bridgehead atoms. The molecule has 0 radical (unpaired) electrons. The lowest BCUT2D eigenvalue weighted by atomic mass is 10.0. The van der Waals surface area contributed by atoms with Gasteiger partial charge in [-0.2, -0.15) is 0 Å². The molecular weight excluding hydrogens is 388 g/mol. The summed E-state index contributed by atoms with van der Waals surface area (Å²) in [5, 5.41) is 5.87. The van der Waals surface area contributed by atoms with Crippen LogP contribution < -0.4 is 15.4 Å². The average Bonchev–Trinajstić information content (AvgIpc) is 2.79. The Hall–Kier alpha value is -3.60. The lowest BCUT2D eigenvalue weighted by Crippen LogP contribution is -2.25. The number of nitrogens with one attached hydrogen (secondary N) is 2. The van der Waals surface area contributed by atoms with Crippen molar-refractivity contribution in [3.63, 3.8) is 0 Å². The highest BCUT2D eigenvalue weighted by Crippen LogP contribution is 2.24. The van der Waals surface area contributed by atoms with Gasteiger partial charge in [-0.1, -0.05) is 44.2 Å². The van der Waals surface area contributed by atoms with Gasteiger partial charge >= 0.3 is 0 Å². The molecule has 0 saturated carbocycles. The van der Waals surface area contributed by atoms with E-state index in [9.17, 15) is 9.59 Å². The first-order valence-corrected chi connectivity index (χ1v) is 10.4. The first kappa shape index (κ1) is 22.1. The Labute approximate surface area is 183 Å². The number of methoxy groups -OCH3 is 1. The molecule has 0 aliphatic rings. The molecule has 0 fully saturated rings. The summed E-state index contributed by atoms with van der Waals surface area (Å²) in [6.07, 6.45) is 0.956. The van der Waals surface area contributed by atoms with Crippen LogP contribution in [-0.4, -0.2) is 25.5 Å². The van der Waals surface area contributed by atoms with Crippen LogP contribution in [0, 0.1) is 5.92 Å². The van der Waals surface area contributed by atoms with Gasteiger partial charge in [0, 0.05) is 23.4 Å². The van der Waals surface area contributed by atoms with Crippen molar-refractivity contribution < 1.29 is 14.3 Å². The topological polar surface area (TPSA) is 67.4 Å². The molecule has 3 aromatic carbocycles. The van der Waals surface area contributed by atoms with Crippen LogP contribution in [0.5, 0.6) is 5.75 Å². The molecule has 3 aromatic rings. The number of hydrogen-bond acceptors (Lipinski definition) is 3. The smallest absolute Gasteiger partial charge is 0.255 e. The van der Waals surface area contributed by atoms with Crippen molar-refractivity contribution in [1.29, 1.82) is 0 Å². The standard InChI is InChI=1S/C26H28N2O3/c1-18(2)14-15-27-25(29)20-12-10-19(11-13-20)21-6-4-8-23(16-21)28-26(30)22-7-5-9-24(17-22)31-3/h4-13,16-18H,14-15H2,1-3H3,(H,27,29)(H,28,30). The molecule has 2 N–H and O–H groups in total. The number of anilines is 1. The number of amides is 2. The fourth-order valence-corrected chi connectivity index (χ4v) is 3.13. The second kappa shape index (κ2) is 10.4. The highest BCUT2D eigenvalue weighted by atomic mass is 16.5. The molecule has 5 heteroatoms. The van der Waals surface area contributed by atoms with Crippen molar-refractivity contribution >= 4 is 17.5 Å². The molecule has 0 aromatic heterocycles. The molecule has 31 heavy (non-hydrogen) atoms. The van der Waals surface area contributed by atoms with Gasteiger partial charge in [-0.15, -0.1) is 0 Å². The molecule has 0 atom stereocenters. The number of rotatable bonds is 8. The van der Waals surface area contributed by atoms with Crippen LogP contribution in [0.3, 0.4) is 0 Å². The minimum absolute atomic E-state index is 0.0634. The van der Waals surface area contributed by atoms with E-state index in [1.807, 2.05) is 48.5 Å². The van der Waals surface area contributed by atoms with Crippen molar-refractivity contribution in [3.8, 4) is 16.9 Å². The van der Waals surface area contributed by atoms with E-state index in [1.165, 1.54) is 0 Å². The highest BCUT2D eigenvalue weighted by molar-refractivity contribution is 6.04. The average molecular weight is 417 g/mol. The molecule has 0 aliphatic heterocycles. The van der Waals surface area contributed by atoms with Gasteiger partial charge < -0.3 is 15.4 Å². The van der Waals surface area contributed by atoms with E-state index in [4.69, 9.17) is 4.74 Å². The minimum atomic E-state index is -0.204. The van der Waals surface area contributed by atoms with Gasteiger partial charge in [0.1, 0.15) is 5.75 Å². The summed E-state index contributed by atoms with van der Waals surface area (Å²) in [4.78, 5) is 24.8. The monoisotopic (exact) mass is 416 g/mol. The van der Waals surface area contributed by atoms with Crippen LogP contribution in [0.15, 0.2) is 72.8 Å². The quantitative estimate of drug-likeness (QED) is 0.517. The summed E-state index contributed by atoms with van der Waals surface area (Å²) in [5.74, 6) is 0.921. The molecule has 5 nitrogen and oxygen atoms in total. The number of carbonyl (C=O) groups excluding carboxylic acids is 2. The van der Waals surface area contributed by atoms with Gasteiger partial charge in [0.25, 0.3) is 11.8 Å². The third-order valence-corrected chi connectivity index (χ3v) is 4.94. The fraction of sp³-hybridized carbons (Fsp3) is 0.231. The Morgan fingerprint density at radius 1 is 0.839 bits per heavy atom. The zero-order chi connectivity index (χ0) is 22.2. The Bertz CT molecular complexity index is 1040. The van der Waals surface area contributed by atoms with Crippen molar-refractivity contribution in [3.05, 3.63) is 83.9 Å². The Morgan fingerprint density at radius 3 is 2.29 bits per heavy atom. The summed E-state index contributed by atoms with van der Waals surface area (Å²) < 4.78 is 5.18. The number of ether oxygens (including phenoxy) is 1. The normalized spacial score (nSPS) is 10.6. The molecule has 160 valence electrons. The Balaban J connectivity index is 1.68. The van der Waals surface area contributed by atoms with E-state index in [1.54, 1.807) is 31.4 Å². The molecule has 2 amide bonds. The first-order chi connectivity index (χ1) is 15.0. The van der Waals surface area contributed by atoms with Crippen molar-refractivity contribution in [2.45, 2.75) is 20.3 Å². The van der Waals surface area contributed by atoms with Crippen LogP contribution in [0.4, 0.5) is 5.69 Å². The van der Waals surface area contributed by atoms with Crippen LogP contribution in [0.2, 0.25) is 0 Å². The van der Waals surface area contributed by atoms with Crippen molar-refractivity contribution in [1.82, 2.24) is 5.32 Å². The summed E-state index contributed by atoms with van der Waals surface area (Å²) in [6.45, 7) is 4.94. The number of benzene rings is 3. The van der Waals surface area contributed by atoms with E-state index in [-0.39, 0.29) is 11.8 Å². The SMILES string of the molecule is COc1cccc(C(=O)Nc2cccc(-c3ccc(C(=O)NCCC(C)C)cc3)c2)c1. The minimum Gasteiger partial charge on any atom is -0.497 e. The Kier molecular flexibility index (Phi) is 7.44. The maximum Gasteiger partial charge on any atom is 0.255 e. The molecule has 0 aliphatic carbocycles. The van der Waals surface area contributed by atoms with Gasteiger partial charge in [-0.3, -0.25) is 9.59 Å². The predicted molar refractivity (Wildman–Crippen MR) is 125 cm³/mol. The number of hydrogen-bond donors (Lipinski definition) is 2. The maximum absolute atomic E-state index is 12.6. The zero-order valence-corrected chi connectivity index (χ0v) is 18.1. The second-order valence-electron chi connectivity index (χ2n) is 7.78. The van der Waals surface area contributed by atoms with E-state index in [2.05, 4.69) is 24.5 Å². The Morgan fingerprint density at radius 2 is 1.58 bits per heavy atom.